The molecule has 6 nitrogen and oxygen atoms in total. The topological polar surface area (TPSA) is 50.6 Å². The van der Waals surface area contributed by atoms with E-state index in [4.69, 9.17) is 16.3 Å². The van der Waals surface area contributed by atoms with Crippen molar-refractivity contribution in [2.45, 2.75) is 6.54 Å². The number of aromatic nitrogens is 2. The fourth-order valence-corrected chi connectivity index (χ4v) is 3.78. The van der Waals surface area contributed by atoms with Gasteiger partial charge < -0.3 is 9.64 Å². The van der Waals surface area contributed by atoms with E-state index in [0.29, 0.717) is 36.0 Å². The van der Waals surface area contributed by atoms with Crippen molar-refractivity contribution < 1.29 is 13.9 Å². The fraction of sp³-hybridized carbons (Fsp3) is 0.273. The van der Waals surface area contributed by atoms with Crippen LogP contribution in [0.25, 0.3) is 5.69 Å². The van der Waals surface area contributed by atoms with E-state index in [-0.39, 0.29) is 11.7 Å². The second-order valence-corrected chi connectivity index (χ2v) is 7.59. The molecule has 0 spiro atoms. The van der Waals surface area contributed by atoms with Gasteiger partial charge in [0.2, 0.25) is 0 Å². The van der Waals surface area contributed by atoms with E-state index in [0.717, 1.165) is 24.4 Å². The van der Waals surface area contributed by atoms with Gasteiger partial charge in [-0.25, -0.2) is 9.07 Å². The van der Waals surface area contributed by atoms with E-state index >= 15 is 0 Å². The summed E-state index contributed by atoms with van der Waals surface area (Å²) >= 11 is 6.12. The largest absolute Gasteiger partial charge is 0.496 e. The van der Waals surface area contributed by atoms with Crippen molar-refractivity contribution in [3.8, 4) is 11.4 Å². The summed E-state index contributed by atoms with van der Waals surface area (Å²) in [5, 5.41) is 5.00. The zero-order valence-electron chi connectivity index (χ0n) is 16.6. The van der Waals surface area contributed by atoms with Crippen molar-refractivity contribution in [1.29, 1.82) is 0 Å². The molecule has 0 atom stereocenters. The van der Waals surface area contributed by atoms with Crippen LogP contribution in [0.5, 0.6) is 5.75 Å². The molecule has 1 saturated heterocycles. The summed E-state index contributed by atoms with van der Waals surface area (Å²) in [7, 11) is 1.65. The molecular formula is C22H22ClFN4O2. The highest BCUT2D eigenvalue weighted by Gasteiger charge is 2.24. The Morgan fingerprint density at radius 3 is 2.67 bits per heavy atom. The molecule has 156 valence electrons. The van der Waals surface area contributed by atoms with E-state index in [1.54, 1.807) is 36.4 Å². The summed E-state index contributed by atoms with van der Waals surface area (Å²) in [5.41, 5.74) is 1.96. The number of nitrogens with zero attached hydrogens (tertiary/aromatic N) is 4. The lowest BCUT2D eigenvalue weighted by Crippen LogP contribution is -2.48. The lowest BCUT2D eigenvalue weighted by molar-refractivity contribution is 0.0621. The van der Waals surface area contributed by atoms with Crippen molar-refractivity contribution >= 4 is 17.5 Å². The highest BCUT2D eigenvalue weighted by atomic mass is 35.5. The van der Waals surface area contributed by atoms with Crippen LogP contribution in [0.1, 0.15) is 16.1 Å². The highest BCUT2D eigenvalue weighted by Crippen LogP contribution is 2.24. The van der Waals surface area contributed by atoms with Crippen molar-refractivity contribution in [3.63, 3.8) is 0 Å². The van der Waals surface area contributed by atoms with Gasteiger partial charge in [0.25, 0.3) is 5.91 Å². The molecule has 30 heavy (non-hydrogen) atoms. The monoisotopic (exact) mass is 428 g/mol. The quantitative estimate of drug-likeness (QED) is 0.622. The third kappa shape index (κ3) is 4.47. The molecule has 1 aliphatic rings. The van der Waals surface area contributed by atoms with Crippen LogP contribution in [0.2, 0.25) is 5.02 Å². The smallest absolute Gasteiger partial charge is 0.274 e. The second kappa shape index (κ2) is 8.85. The summed E-state index contributed by atoms with van der Waals surface area (Å²) in [6.45, 7) is 3.40. The maximum Gasteiger partial charge on any atom is 0.274 e. The van der Waals surface area contributed by atoms with Gasteiger partial charge in [0.15, 0.2) is 5.69 Å². The van der Waals surface area contributed by atoms with Gasteiger partial charge in [0, 0.05) is 49.5 Å². The molecule has 1 fully saturated rings. The lowest BCUT2D eigenvalue weighted by Gasteiger charge is -2.34. The molecule has 0 aliphatic carbocycles. The zero-order chi connectivity index (χ0) is 21.1. The fourth-order valence-electron chi connectivity index (χ4n) is 3.58. The normalized spacial score (nSPS) is 14.7. The van der Waals surface area contributed by atoms with E-state index < -0.39 is 0 Å². The average molecular weight is 429 g/mol. The highest BCUT2D eigenvalue weighted by molar-refractivity contribution is 6.30. The van der Waals surface area contributed by atoms with Crippen LogP contribution < -0.4 is 4.74 Å². The van der Waals surface area contributed by atoms with Crippen LogP contribution in [-0.2, 0) is 6.54 Å². The summed E-state index contributed by atoms with van der Waals surface area (Å²) < 4.78 is 20.4. The Balaban J connectivity index is 1.38. The number of hydrogen-bond acceptors (Lipinski definition) is 4. The number of amides is 1. The molecule has 0 N–H and O–H groups in total. The number of carbonyl (C=O) groups excluding carboxylic acids is 1. The molecule has 1 aromatic heterocycles. The van der Waals surface area contributed by atoms with E-state index in [2.05, 4.69) is 10.00 Å². The number of benzene rings is 2. The number of piperazine rings is 1. The molecule has 0 bridgehead atoms. The van der Waals surface area contributed by atoms with E-state index in [1.165, 1.54) is 16.8 Å². The second-order valence-electron chi connectivity index (χ2n) is 7.15. The summed E-state index contributed by atoms with van der Waals surface area (Å²) in [6.07, 6.45) is 1.67. The minimum Gasteiger partial charge on any atom is -0.496 e. The van der Waals surface area contributed by atoms with E-state index in [1.807, 2.05) is 18.2 Å². The first-order valence-electron chi connectivity index (χ1n) is 9.69. The van der Waals surface area contributed by atoms with Crippen LogP contribution in [0.15, 0.2) is 54.7 Å². The Kier molecular flexibility index (Phi) is 6.01. The SMILES string of the molecule is COc1ccc(Cl)cc1CN1CCN(C(=O)c2ccn(-c3cccc(F)c3)n2)CC1. The Morgan fingerprint density at radius 1 is 1.13 bits per heavy atom. The first-order chi connectivity index (χ1) is 14.5. The van der Waals surface area contributed by atoms with Crippen molar-refractivity contribution in [1.82, 2.24) is 19.6 Å². The minimum atomic E-state index is -0.344. The molecule has 2 aromatic carbocycles. The molecular weight excluding hydrogens is 407 g/mol. The molecule has 0 unspecified atom stereocenters. The van der Waals surface area contributed by atoms with Crippen LogP contribution in [0.3, 0.4) is 0 Å². The van der Waals surface area contributed by atoms with Gasteiger partial charge in [-0.1, -0.05) is 17.7 Å². The van der Waals surface area contributed by atoms with Gasteiger partial charge in [-0.05, 0) is 42.5 Å². The molecule has 0 radical (unpaired) electrons. The number of carbonyl (C=O) groups is 1. The Labute approximate surface area is 179 Å². The van der Waals surface area contributed by atoms with Gasteiger partial charge in [0.05, 0.1) is 12.8 Å². The maximum absolute atomic E-state index is 13.4. The Morgan fingerprint density at radius 2 is 1.93 bits per heavy atom. The van der Waals surface area contributed by atoms with Crippen LogP contribution >= 0.6 is 11.6 Å². The average Bonchev–Trinajstić information content (AvgIpc) is 3.24. The van der Waals surface area contributed by atoms with Gasteiger partial charge in [0.1, 0.15) is 11.6 Å². The third-order valence-corrected chi connectivity index (χ3v) is 5.41. The first kappa shape index (κ1) is 20.4. The predicted octanol–water partition coefficient (Wildman–Crippen LogP) is 3.63. The Bertz CT molecular complexity index is 1050. The van der Waals surface area contributed by atoms with Gasteiger partial charge in [-0.3, -0.25) is 9.69 Å². The molecule has 4 rings (SSSR count). The molecule has 2 heterocycles. The first-order valence-corrected chi connectivity index (χ1v) is 10.1. The molecule has 1 amide bonds. The minimum absolute atomic E-state index is 0.120. The third-order valence-electron chi connectivity index (χ3n) is 5.18. The van der Waals surface area contributed by atoms with Gasteiger partial charge in [-0.15, -0.1) is 0 Å². The number of ether oxygens (including phenoxy) is 1. The maximum atomic E-state index is 13.4. The van der Waals surface area contributed by atoms with Crippen molar-refractivity contribution in [2.75, 3.05) is 33.3 Å². The summed E-state index contributed by atoms with van der Waals surface area (Å²) in [5.74, 6) is 0.342. The summed E-state index contributed by atoms with van der Waals surface area (Å²) in [4.78, 5) is 16.9. The molecule has 8 heteroatoms. The number of rotatable bonds is 5. The molecule has 1 aliphatic heterocycles. The summed E-state index contributed by atoms with van der Waals surface area (Å²) in [6, 6.07) is 13.4. The van der Waals surface area contributed by atoms with Crippen LogP contribution in [0, 0.1) is 5.82 Å². The van der Waals surface area contributed by atoms with Gasteiger partial charge in [-0.2, -0.15) is 5.10 Å². The predicted molar refractivity (Wildman–Crippen MR) is 113 cm³/mol. The number of hydrogen-bond donors (Lipinski definition) is 0. The molecule has 3 aromatic rings. The zero-order valence-corrected chi connectivity index (χ0v) is 17.3. The van der Waals surface area contributed by atoms with Crippen molar-refractivity contribution in [3.05, 3.63) is 76.8 Å². The van der Waals surface area contributed by atoms with Crippen molar-refractivity contribution in [2.24, 2.45) is 0 Å². The molecule has 0 saturated carbocycles. The number of halogens is 2. The standard InChI is InChI=1S/C22H22ClFN4O2/c1-30-21-6-5-17(23)13-16(21)15-26-9-11-27(12-10-26)22(29)20-7-8-28(25-20)19-4-2-3-18(24)14-19/h2-8,13-14H,9-12,15H2,1H3. The number of methoxy groups -OCH3 is 1. The van der Waals surface area contributed by atoms with Gasteiger partial charge >= 0.3 is 0 Å². The van der Waals surface area contributed by atoms with E-state index in [9.17, 15) is 9.18 Å². The van der Waals surface area contributed by atoms with Crippen LogP contribution in [0.4, 0.5) is 4.39 Å². The Hall–Kier alpha value is -2.90. The lowest BCUT2D eigenvalue weighted by atomic mass is 10.1. The van der Waals surface area contributed by atoms with Crippen LogP contribution in [-0.4, -0.2) is 58.8 Å².